The monoisotopic (exact) mass is 185 g/mol. The molecule has 0 aromatic heterocycles. The van der Waals surface area contributed by atoms with E-state index in [4.69, 9.17) is 0 Å². The van der Waals surface area contributed by atoms with Crippen molar-refractivity contribution in [2.45, 2.75) is 19.4 Å². The zero-order chi connectivity index (χ0) is 9.84. The molecular formula is C9H19N3O. The first-order valence-electron chi connectivity index (χ1n) is 4.82. The maximum atomic E-state index is 11.6. The minimum atomic E-state index is 0.161. The van der Waals surface area contributed by atoms with E-state index >= 15 is 0 Å². The van der Waals surface area contributed by atoms with Crippen LogP contribution < -0.4 is 5.32 Å². The van der Waals surface area contributed by atoms with E-state index in [1.807, 2.05) is 19.0 Å². The van der Waals surface area contributed by atoms with Crippen molar-refractivity contribution in [3.63, 3.8) is 0 Å². The molecule has 4 nitrogen and oxygen atoms in total. The molecule has 1 rings (SSSR count). The minimum Gasteiger partial charge on any atom is -0.328 e. The first-order chi connectivity index (χ1) is 6.15. The Labute approximate surface area is 79.9 Å². The van der Waals surface area contributed by atoms with Crippen LogP contribution in [0.1, 0.15) is 13.3 Å². The van der Waals surface area contributed by atoms with Gasteiger partial charge in [0.15, 0.2) is 0 Å². The molecule has 1 aliphatic heterocycles. The van der Waals surface area contributed by atoms with Gasteiger partial charge in [0.25, 0.3) is 0 Å². The highest BCUT2D eigenvalue weighted by Gasteiger charge is 2.23. The van der Waals surface area contributed by atoms with Crippen molar-refractivity contribution in [2.75, 3.05) is 33.7 Å². The number of likely N-dealkylation sites (N-methyl/N-ethyl adjacent to an activating group) is 1. The highest BCUT2D eigenvalue weighted by Crippen LogP contribution is 2.07. The van der Waals surface area contributed by atoms with Crippen LogP contribution in [-0.2, 0) is 0 Å². The molecule has 1 heterocycles. The Morgan fingerprint density at radius 3 is 2.85 bits per heavy atom. The number of hydrogen-bond acceptors (Lipinski definition) is 2. The molecule has 0 aliphatic carbocycles. The maximum Gasteiger partial charge on any atom is 0.319 e. The molecule has 0 bridgehead atoms. The Hall–Kier alpha value is -0.770. The smallest absolute Gasteiger partial charge is 0.319 e. The predicted molar refractivity (Wildman–Crippen MR) is 52.7 cm³/mol. The Morgan fingerprint density at radius 2 is 2.23 bits per heavy atom. The van der Waals surface area contributed by atoms with Crippen LogP contribution in [0.2, 0.25) is 0 Å². The first kappa shape index (κ1) is 10.3. The van der Waals surface area contributed by atoms with Gasteiger partial charge in [-0.3, -0.25) is 0 Å². The summed E-state index contributed by atoms with van der Waals surface area (Å²) in [6.07, 6.45) is 1.08. The van der Waals surface area contributed by atoms with Crippen molar-refractivity contribution >= 4 is 6.03 Å². The van der Waals surface area contributed by atoms with Crippen molar-refractivity contribution in [2.24, 2.45) is 0 Å². The lowest BCUT2D eigenvalue weighted by molar-refractivity contribution is 0.137. The van der Waals surface area contributed by atoms with E-state index in [0.717, 1.165) is 26.1 Å². The van der Waals surface area contributed by atoms with Gasteiger partial charge in [-0.2, -0.15) is 0 Å². The average molecular weight is 185 g/mol. The second-order valence-corrected chi connectivity index (χ2v) is 3.69. The summed E-state index contributed by atoms with van der Waals surface area (Å²) in [4.78, 5) is 15.3. The lowest BCUT2D eigenvalue weighted by Gasteiger charge is -2.34. The van der Waals surface area contributed by atoms with E-state index in [-0.39, 0.29) is 6.03 Å². The maximum absolute atomic E-state index is 11.6. The molecule has 1 N–H and O–H groups in total. The van der Waals surface area contributed by atoms with Crippen LogP contribution in [0.15, 0.2) is 0 Å². The summed E-state index contributed by atoms with van der Waals surface area (Å²) in [5.74, 6) is 0. The van der Waals surface area contributed by atoms with Crippen molar-refractivity contribution in [1.82, 2.24) is 15.1 Å². The van der Waals surface area contributed by atoms with Gasteiger partial charge in [0.2, 0.25) is 0 Å². The van der Waals surface area contributed by atoms with Crippen molar-refractivity contribution in [3.05, 3.63) is 0 Å². The van der Waals surface area contributed by atoms with E-state index in [9.17, 15) is 4.79 Å². The van der Waals surface area contributed by atoms with Crippen LogP contribution in [0.4, 0.5) is 4.79 Å². The number of rotatable bonds is 3. The highest BCUT2D eigenvalue weighted by atomic mass is 16.2. The summed E-state index contributed by atoms with van der Waals surface area (Å²) in [5, 5.41) is 3.14. The fraction of sp³-hybridized carbons (Fsp3) is 0.889. The number of amides is 2. The summed E-state index contributed by atoms with van der Waals surface area (Å²) in [5.41, 5.74) is 0. The van der Waals surface area contributed by atoms with E-state index in [1.54, 1.807) is 4.90 Å². The third-order valence-corrected chi connectivity index (χ3v) is 2.51. The molecule has 1 saturated heterocycles. The van der Waals surface area contributed by atoms with Gasteiger partial charge in [0, 0.05) is 32.7 Å². The van der Waals surface area contributed by atoms with Crippen LogP contribution in [0.3, 0.4) is 0 Å². The number of hydrogen-bond donors (Lipinski definition) is 1. The number of nitrogens with zero attached hydrogens (tertiary/aromatic N) is 2. The summed E-state index contributed by atoms with van der Waals surface area (Å²) >= 11 is 0. The Balaban J connectivity index is 2.44. The lowest BCUT2D eigenvalue weighted by Crippen LogP contribution is -2.51. The summed E-state index contributed by atoms with van der Waals surface area (Å²) in [7, 11) is 3.78. The number of carbonyl (C=O) groups is 1. The molecule has 0 radical (unpaired) electrons. The SMILES string of the molecule is CNC(C)CN1CCCN(C)C1=O. The zero-order valence-electron chi connectivity index (χ0n) is 8.71. The van der Waals surface area contributed by atoms with Gasteiger partial charge < -0.3 is 15.1 Å². The Morgan fingerprint density at radius 1 is 1.54 bits per heavy atom. The second kappa shape index (κ2) is 4.46. The predicted octanol–water partition coefficient (Wildman–Crippen LogP) is 0.352. The van der Waals surface area contributed by atoms with Crippen LogP contribution in [0.5, 0.6) is 0 Å². The van der Waals surface area contributed by atoms with E-state index in [2.05, 4.69) is 12.2 Å². The number of nitrogens with one attached hydrogen (secondary N) is 1. The standard InChI is InChI=1S/C9H19N3O/c1-8(10-2)7-12-6-4-5-11(3)9(12)13/h8,10H,4-7H2,1-3H3. The van der Waals surface area contributed by atoms with Gasteiger partial charge in [-0.15, -0.1) is 0 Å². The van der Waals surface area contributed by atoms with E-state index in [1.165, 1.54) is 0 Å². The highest BCUT2D eigenvalue weighted by molar-refractivity contribution is 5.74. The van der Waals surface area contributed by atoms with E-state index < -0.39 is 0 Å². The van der Waals surface area contributed by atoms with E-state index in [0.29, 0.717) is 6.04 Å². The van der Waals surface area contributed by atoms with Crippen LogP contribution >= 0.6 is 0 Å². The second-order valence-electron chi connectivity index (χ2n) is 3.69. The molecule has 1 unspecified atom stereocenters. The molecule has 0 aromatic rings. The van der Waals surface area contributed by atoms with Gasteiger partial charge in [0.1, 0.15) is 0 Å². The van der Waals surface area contributed by atoms with Crippen molar-refractivity contribution < 1.29 is 4.79 Å². The molecule has 2 amide bonds. The van der Waals surface area contributed by atoms with Crippen molar-refractivity contribution in [1.29, 1.82) is 0 Å². The van der Waals surface area contributed by atoms with Crippen LogP contribution in [0, 0.1) is 0 Å². The number of carbonyl (C=O) groups excluding carboxylic acids is 1. The van der Waals surface area contributed by atoms with Gasteiger partial charge in [-0.1, -0.05) is 0 Å². The molecular weight excluding hydrogens is 166 g/mol. The molecule has 76 valence electrons. The molecule has 1 aliphatic rings. The van der Waals surface area contributed by atoms with Crippen molar-refractivity contribution in [3.8, 4) is 0 Å². The quantitative estimate of drug-likeness (QED) is 0.688. The molecule has 1 fully saturated rings. The average Bonchev–Trinajstić information content (AvgIpc) is 2.13. The third kappa shape index (κ3) is 2.59. The van der Waals surface area contributed by atoms with Gasteiger partial charge in [-0.25, -0.2) is 4.79 Å². The lowest BCUT2D eigenvalue weighted by atomic mass is 10.2. The molecule has 13 heavy (non-hydrogen) atoms. The largest absolute Gasteiger partial charge is 0.328 e. The fourth-order valence-corrected chi connectivity index (χ4v) is 1.52. The third-order valence-electron chi connectivity index (χ3n) is 2.51. The van der Waals surface area contributed by atoms with Gasteiger partial charge in [0.05, 0.1) is 0 Å². The summed E-state index contributed by atoms with van der Waals surface area (Å²) in [6, 6.07) is 0.531. The molecule has 1 atom stereocenters. The first-order valence-corrected chi connectivity index (χ1v) is 4.82. The zero-order valence-corrected chi connectivity index (χ0v) is 8.71. The Kier molecular flexibility index (Phi) is 3.54. The minimum absolute atomic E-state index is 0.161. The normalized spacial score (nSPS) is 20.7. The van der Waals surface area contributed by atoms with Crippen LogP contribution in [-0.4, -0.2) is 55.6 Å². The van der Waals surface area contributed by atoms with Gasteiger partial charge in [-0.05, 0) is 20.4 Å². The Bertz CT molecular complexity index is 184. The summed E-state index contributed by atoms with van der Waals surface area (Å²) in [6.45, 7) is 4.68. The fourth-order valence-electron chi connectivity index (χ4n) is 1.52. The van der Waals surface area contributed by atoms with Gasteiger partial charge >= 0.3 is 6.03 Å². The molecule has 0 saturated carbocycles. The summed E-state index contributed by atoms with van der Waals surface area (Å²) < 4.78 is 0. The molecule has 0 spiro atoms. The molecule has 0 aromatic carbocycles. The topological polar surface area (TPSA) is 35.6 Å². The number of urea groups is 1. The van der Waals surface area contributed by atoms with Crippen LogP contribution in [0.25, 0.3) is 0 Å². The molecule has 4 heteroatoms.